The lowest BCUT2D eigenvalue weighted by atomic mass is 9.71. The van der Waals surface area contributed by atoms with Crippen LogP contribution in [0.1, 0.15) is 45.4 Å². The first kappa shape index (κ1) is 11.4. The minimum Gasteiger partial charge on any atom is -0.381 e. The number of rotatable bonds is 1. The zero-order valence-corrected chi connectivity index (χ0v) is 11.3. The van der Waals surface area contributed by atoms with E-state index in [0.717, 1.165) is 28.3 Å². The Balaban J connectivity index is 1.68. The molecule has 0 bridgehead atoms. The molecule has 0 spiro atoms. The molecular formula is C14H24OS. The minimum absolute atomic E-state index is 0.561. The van der Waals surface area contributed by atoms with Crippen molar-refractivity contribution in [1.82, 2.24) is 0 Å². The summed E-state index contributed by atoms with van der Waals surface area (Å²) in [5.41, 5.74) is 0. The van der Waals surface area contributed by atoms with E-state index in [2.05, 4.69) is 18.7 Å². The van der Waals surface area contributed by atoms with E-state index in [0.29, 0.717) is 6.10 Å². The molecule has 0 amide bonds. The molecule has 0 N–H and O–H groups in total. The van der Waals surface area contributed by atoms with Crippen LogP contribution in [0.3, 0.4) is 0 Å². The predicted octanol–water partition coefficient (Wildman–Crippen LogP) is 3.72. The summed E-state index contributed by atoms with van der Waals surface area (Å²) in [6.45, 7) is 2.44. The largest absolute Gasteiger partial charge is 0.381 e. The molecule has 92 valence electrons. The maximum Gasteiger partial charge on any atom is 0.0582 e. The summed E-state index contributed by atoms with van der Waals surface area (Å²) < 4.78 is 5.56. The van der Waals surface area contributed by atoms with Gasteiger partial charge >= 0.3 is 0 Å². The Kier molecular flexibility index (Phi) is 3.23. The van der Waals surface area contributed by atoms with E-state index in [1.54, 1.807) is 0 Å². The van der Waals surface area contributed by atoms with E-state index < -0.39 is 0 Å². The number of hydrogen-bond donors (Lipinski definition) is 0. The first-order chi connectivity index (χ1) is 7.78. The number of ether oxygens (including phenoxy) is 1. The van der Waals surface area contributed by atoms with Crippen molar-refractivity contribution in [2.24, 2.45) is 17.8 Å². The van der Waals surface area contributed by atoms with Crippen LogP contribution in [0.5, 0.6) is 0 Å². The molecule has 16 heavy (non-hydrogen) atoms. The van der Waals surface area contributed by atoms with Gasteiger partial charge in [-0.25, -0.2) is 0 Å². The fourth-order valence-electron chi connectivity index (χ4n) is 4.20. The second-order valence-corrected chi connectivity index (χ2v) is 7.61. The van der Waals surface area contributed by atoms with Crippen molar-refractivity contribution in [3.63, 3.8) is 0 Å². The summed E-state index contributed by atoms with van der Waals surface area (Å²) in [5, 5.41) is 1.92. The van der Waals surface area contributed by atoms with Crippen LogP contribution in [0, 0.1) is 17.8 Å². The van der Waals surface area contributed by atoms with Gasteiger partial charge in [-0.2, -0.15) is 11.8 Å². The molecule has 3 aliphatic rings. The van der Waals surface area contributed by atoms with Crippen LogP contribution in [0.2, 0.25) is 0 Å². The first-order valence-electron chi connectivity index (χ1n) is 6.96. The molecule has 1 aliphatic heterocycles. The van der Waals surface area contributed by atoms with Gasteiger partial charge < -0.3 is 4.74 Å². The zero-order chi connectivity index (χ0) is 11.1. The van der Waals surface area contributed by atoms with Crippen molar-refractivity contribution in [2.75, 3.05) is 7.11 Å². The van der Waals surface area contributed by atoms with Crippen molar-refractivity contribution in [3.05, 3.63) is 0 Å². The Hall–Kier alpha value is 0.310. The van der Waals surface area contributed by atoms with Crippen LogP contribution in [0.4, 0.5) is 0 Å². The Morgan fingerprint density at radius 2 is 1.62 bits per heavy atom. The molecule has 0 aromatic carbocycles. The third kappa shape index (κ3) is 1.92. The SMILES string of the molecule is COC1CCC2C(C1)SC1CC(C)CCC12. The third-order valence-electron chi connectivity index (χ3n) is 5.13. The van der Waals surface area contributed by atoms with Crippen molar-refractivity contribution in [2.45, 2.75) is 62.1 Å². The lowest BCUT2D eigenvalue weighted by Crippen LogP contribution is -2.33. The Bertz CT molecular complexity index is 255. The molecule has 1 saturated heterocycles. The second kappa shape index (κ2) is 4.53. The number of hydrogen-bond acceptors (Lipinski definition) is 2. The van der Waals surface area contributed by atoms with Crippen LogP contribution < -0.4 is 0 Å². The van der Waals surface area contributed by atoms with E-state index in [1.165, 1.54) is 38.5 Å². The number of methoxy groups -OCH3 is 1. The highest BCUT2D eigenvalue weighted by Gasteiger charge is 2.47. The van der Waals surface area contributed by atoms with Crippen LogP contribution in [-0.4, -0.2) is 23.7 Å². The van der Waals surface area contributed by atoms with Crippen molar-refractivity contribution in [1.29, 1.82) is 0 Å². The highest BCUT2D eigenvalue weighted by molar-refractivity contribution is 8.00. The summed E-state index contributed by atoms with van der Waals surface area (Å²) in [7, 11) is 1.89. The second-order valence-electron chi connectivity index (χ2n) is 6.13. The van der Waals surface area contributed by atoms with Crippen molar-refractivity contribution in [3.8, 4) is 0 Å². The summed E-state index contributed by atoms with van der Waals surface area (Å²) in [6.07, 6.45) is 9.12. The molecule has 6 unspecified atom stereocenters. The molecule has 0 aromatic rings. The molecule has 1 nitrogen and oxygen atoms in total. The van der Waals surface area contributed by atoms with Gasteiger partial charge in [0.1, 0.15) is 0 Å². The fourth-order valence-corrected chi connectivity index (χ4v) is 6.49. The van der Waals surface area contributed by atoms with Gasteiger partial charge in [0.15, 0.2) is 0 Å². The molecule has 0 aromatic heterocycles. The molecule has 3 fully saturated rings. The van der Waals surface area contributed by atoms with Gasteiger partial charge in [0.25, 0.3) is 0 Å². The lowest BCUT2D eigenvalue weighted by Gasteiger charge is -2.35. The Labute approximate surface area is 104 Å². The third-order valence-corrected chi connectivity index (χ3v) is 6.92. The van der Waals surface area contributed by atoms with Gasteiger partial charge in [0, 0.05) is 17.6 Å². The maximum absolute atomic E-state index is 5.56. The van der Waals surface area contributed by atoms with Gasteiger partial charge in [-0.05, 0) is 49.9 Å². The highest BCUT2D eigenvalue weighted by Crippen LogP contribution is 2.55. The quantitative estimate of drug-likeness (QED) is 0.691. The summed E-state index contributed by atoms with van der Waals surface area (Å²) in [6, 6.07) is 0. The van der Waals surface area contributed by atoms with E-state index >= 15 is 0 Å². The molecular weight excluding hydrogens is 216 g/mol. The average Bonchev–Trinajstić information content (AvgIpc) is 2.64. The van der Waals surface area contributed by atoms with E-state index in [1.807, 2.05) is 7.11 Å². The van der Waals surface area contributed by atoms with E-state index in [9.17, 15) is 0 Å². The van der Waals surface area contributed by atoms with Crippen LogP contribution in [0.15, 0.2) is 0 Å². The molecule has 6 atom stereocenters. The molecule has 2 aliphatic carbocycles. The first-order valence-corrected chi connectivity index (χ1v) is 7.90. The van der Waals surface area contributed by atoms with Gasteiger partial charge in [-0.15, -0.1) is 0 Å². The highest BCUT2D eigenvalue weighted by atomic mass is 32.2. The van der Waals surface area contributed by atoms with Gasteiger partial charge in [0.2, 0.25) is 0 Å². The van der Waals surface area contributed by atoms with Gasteiger partial charge in [0.05, 0.1) is 6.10 Å². The minimum atomic E-state index is 0.561. The van der Waals surface area contributed by atoms with Crippen molar-refractivity contribution < 1.29 is 4.74 Å². The van der Waals surface area contributed by atoms with Gasteiger partial charge in [-0.3, -0.25) is 0 Å². The monoisotopic (exact) mass is 240 g/mol. The maximum atomic E-state index is 5.56. The zero-order valence-electron chi connectivity index (χ0n) is 10.5. The molecule has 2 heteroatoms. The molecule has 1 heterocycles. The average molecular weight is 240 g/mol. The van der Waals surface area contributed by atoms with Gasteiger partial charge in [-0.1, -0.05) is 13.3 Å². The summed E-state index contributed by atoms with van der Waals surface area (Å²) in [5.74, 6) is 3.07. The van der Waals surface area contributed by atoms with Crippen LogP contribution in [-0.2, 0) is 4.74 Å². The fraction of sp³-hybridized carbons (Fsp3) is 1.00. The summed E-state index contributed by atoms with van der Waals surface area (Å²) in [4.78, 5) is 0. The smallest absolute Gasteiger partial charge is 0.0582 e. The summed E-state index contributed by atoms with van der Waals surface area (Å²) >= 11 is 2.32. The molecule has 2 saturated carbocycles. The standard InChI is InChI=1S/C14H24OS/c1-9-3-5-11-12-6-4-10(15-2)8-14(12)16-13(11)7-9/h9-14H,3-8H2,1-2H3. The number of thioether (sulfide) groups is 1. The van der Waals surface area contributed by atoms with E-state index in [4.69, 9.17) is 4.74 Å². The van der Waals surface area contributed by atoms with Crippen LogP contribution >= 0.6 is 11.8 Å². The lowest BCUT2D eigenvalue weighted by molar-refractivity contribution is 0.0498. The Morgan fingerprint density at radius 1 is 0.938 bits per heavy atom. The molecule has 0 radical (unpaired) electrons. The number of fused-ring (bicyclic) bond motifs is 3. The van der Waals surface area contributed by atoms with E-state index in [-0.39, 0.29) is 0 Å². The van der Waals surface area contributed by atoms with Crippen LogP contribution in [0.25, 0.3) is 0 Å². The molecule has 3 rings (SSSR count). The Morgan fingerprint density at radius 3 is 2.38 bits per heavy atom. The normalized spacial score (nSPS) is 52.1. The van der Waals surface area contributed by atoms with Crippen molar-refractivity contribution >= 4 is 11.8 Å². The predicted molar refractivity (Wildman–Crippen MR) is 69.8 cm³/mol. The topological polar surface area (TPSA) is 9.23 Å².